The van der Waals surface area contributed by atoms with Crippen molar-refractivity contribution in [1.82, 2.24) is 5.32 Å². The second-order valence-corrected chi connectivity index (χ2v) is 5.53. The summed E-state index contributed by atoms with van der Waals surface area (Å²) >= 11 is 0. The van der Waals surface area contributed by atoms with E-state index in [9.17, 15) is 4.79 Å². The zero-order valence-electron chi connectivity index (χ0n) is 10.3. The Balaban J connectivity index is 1.76. The zero-order valence-corrected chi connectivity index (χ0v) is 10.3. The van der Waals surface area contributed by atoms with Gasteiger partial charge in [-0.05, 0) is 25.7 Å². The second kappa shape index (κ2) is 6.27. The van der Waals surface area contributed by atoms with Crippen LogP contribution < -0.4 is 5.32 Å². The molecule has 92 valence electrons. The summed E-state index contributed by atoms with van der Waals surface area (Å²) in [4.78, 5) is 12.1. The van der Waals surface area contributed by atoms with E-state index in [-0.39, 0.29) is 0 Å². The van der Waals surface area contributed by atoms with Crippen LogP contribution in [0.25, 0.3) is 0 Å². The number of rotatable bonds is 2. The number of hydrogen-bond acceptors (Lipinski definition) is 1. The first-order chi connectivity index (χ1) is 7.86. The Kier molecular flexibility index (Phi) is 4.68. The van der Waals surface area contributed by atoms with Crippen LogP contribution in [-0.4, -0.2) is 11.9 Å². The molecule has 2 fully saturated rings. The van der Waals surface area contributed by atoms with Crippen LogP contribution in [0.15, 0.2) is 0 Å². The lowest BCUT2D eigenvalue weighted by molar-refractivity contribution is -0.126. The Morgan fingerprint density at radius 2 is 1.25 bits per heavy atom. The van der Waals surface area contributed by atoms with Crippen LogP contribution in [0.3, 0.4) is 0 Å². The molecule has 2 aliphatic rings. The van der Waals surface area contributed by atoms with Crippen LogP contribution in [0, 0.1) is 5.92 Å². The minimum Gasteiger partial charge on any atom is -0.353 e. The lowest BCUT2D eigenvalue weighted by Crippen LogP contribution is -2.39. The third-order valence-corrected chi connectivity index (χ3v) is 4.18. The van der Waals surface area contributed by atoms with Gasteiger partial charge in [-0.15, -0.1) is 0 Å². The standard InChI is InChI=1S/C14H25NO/c16-14(12-8-4-3-5-9-12)15-13-10-6-1-2-7-11-13/h12-13H,1-11H2,(H,15,16). The van der Waals surface area contributed by atoms with Crippen molar-refractivity contribution in [3.63, 3.8) is 0 Å². The van der Waals surface area contributed by atoms with Gasteiger partial charge in [-0.1, -0.05) is 44.9 Å². The summed E-state index contributed by atoms with van der Waals surface area (Å²) < 4.78 is 0. The SMILES string of the molecule is O=C(NC1CCCCCC1)C1CCCCC1. The molecule has 2 rings (SSSR count). The molecule has 0 unspecified atom stereocenters. The van der Waals surface area contributed by atoms with Gasteiger partial charge in [0.25, 0.3) is 0 Å². The fourth-order valence-corrected chi connectivity index (χ4v) is 3.11. The predicted octanol–water partition coefficient (Wildman–Crippen LogP) is 3.41. The molecule has 0 radical (unpaired) electrons. The van der Waals surface area contributed by atoms with E-state index in [0.29, 0.717) is 17.9 Å². The maximum atomic E-state index is 12.1. The fourth-order valence-electron chi connectivity index (χ4n) is 3.11. The van der Waals surface area contributed by atoms with Gasteiger partial charge in [0.15, 0.2) is 0 Å². The molecule has 1 N–H and O–H groups in total. The summed E-state index contributed by atoms with van der Waals surface area (Å²) in [7, 11) is 0. The van der Waals surface area contributed by atoms with E-state index in [0.717, 1.165) is 12.8 Å². The predicted molar refractivity (Wildman–Crippen MR) is 66.2 cm³/mol. The summed E-state index contributed by atoms with van der Waals surface area (Å²) in [5.74, 6) is 0.684. The molecule has 0 aromatic carbocycles. The van der Waals surface area contributed by atoms with Crippen molar-refractivity contribution in [3.05, 3.63) is 0 Å². The van der Waals surface area contributed by atoms with Crippen LogP contribution in [0.1, 0.15) is 70.6 Å². The highest BCUT2D eigenvalue weighted by molar-refractivity contribution is 5.79. The topological polar surface area (TPSA) is 29.1 Å². The summed E-state index contributed by atoms with van der Waals surface area (Å²) in [6, 6.07) is 0.483. The minimum absolute atomic E-state index is 0.331. The van der Waals surface area contributed by atoms with Gasteiger partial charge in [0.05, 0.1) is 0 Å². The number of nitrogens with one attached hydrogen (secondary N) is 1. The number of carbonyl (C=O) groups excluding carboxylic acids is 1. The summed E-state index contributed by atoms with van der Waals surface area (Å²) in [6.07, 6.45) is 13.8. The molecule has 0 aromatic rings. The van der Waals surface area contributed by atoms with Gasteiger partial charge >= 0.3 is 0 Å². The Hall–Kier alpha value is -0.530. The average molecular weight is 223 g/mol. The third-order valence-electron chi connectivity index (χ3n) is 4.18. The first-order valence-corrected chi connectivity index (χ1v) is 7.16. The van der Waals surface area contributed by atoms with E-state index >= 15 is 0 Å². The second-order valence-electron chi connectivity index (χ2n) is 5.53. The van der Waals surface area contributed by atoms with E-state index in [2.05, 4.69) is 5.32 Å². The molecule has 16 heavy (non-hydrogen) atoms. The summed E-state index contributed by atoms with van der Waals surface area (Å²) in [6.45, 7) is 0. The molecule has 0 bridgehead atoms. The highest BCUT2D eigenvalue weighted by Crippen LogP contribution is 2.24. The van der Waals surface area contributed by atoms with Crippen LogP contribution in [0.2, 0.25) is 0 Å². The highest BCUT2D eigenvalue weighted by atomic mass is 16.1. The van der Waals surface area contributed by atoms with Crippen molar-refractivity contribution >= 4 is 5.91 Å². The molecule has 0 atom stereocenters. The van der Waals surface area contributed by atoms with Crippen molar-refractivity contribution in [2.75, 3.05) is 0 Å². The molecule has 2 heteroatoms. The largest absolute Gasteiger partial charge is 0.353 e. The van der Waals surface area contributed by atoms with Gasteiger partial charge in [-0.25, -0.2) is 0 Å². The van der Waals surface area contributed by atoms with Gasteiger partial charge in [0.2, 0.25) is 5.91 Å². The number of amides is 1. The van der Waals surface area contributed by atoms with Gasteiger partial charge in [0.1, 0.15) is 0 Å². The Morgan fingerprint density at radius 3 is 1.88 bits per heavy atom. The van der Waals surface area contributed by atoms with Crippen molar-refractivity contribution in [3.8, 4) is 0 Å². The van der Waals surface area contributed by atoms with E-state index in [1.165, 1.54) is 57.8 Å². The maximum absolute atomic E-state index is 12.1. The highest BCUT2D eigenvalue weighted by Gasteiger charge is 2.23. The van der Waals surface area contributed by atoms with E-state index < -0.39 is 0 Å². The van der Waals surface area contributed by atoms with Gasteiger partial charge < -0.3 is 5.32 Å². The quantitative estimate of drug-likeness (QED) is 0.714. The van der Waals surface area contributed by atoms with Crippen LogP contribution in [-0.2, 0) is 4.79 Å². The Morgan fingerprint density at radius 1 is 0.750 bits per heavy atom. The maximum Gasteiger partial charge on any atom is 0.223 e. The minimum atomic E-state index is 0.331. The number of hydrogen-bond donors (Lipinski definition) is 1. The fraction of sp³-hybridized carbons (Fsp3) is 0.929. The van der Waals surface area contributed by atoms with Crippen LogP contribution in [0.5, 0.6) is 0 Å². The molecule has 0 heterocycles. The Labute approximate surface area is 99.2 Å². The summed E-state index contributed by atoms with van der Waals surface area (Å²) in [5.41, 5.74) is 0. The molecule has 0 spiro atoms. The van der Waals surface area contributed by atoms with Gasteiger partial charge in [-0.2, -0.15) is 0 Å². The first kappa shape index (κ1) is 11.9. The van der Waals surface area contributed by atoms with Gasteiger partial charge in [-0.3, -0.25) is 4.79 Å². The lowest BCUT2D eigenvalue weighted by Gasteiger charge is -2.24. The molecule has 0 aromatic heterocycles. The van der Waals surface area contributed by atoms with Crippen LogP contribution >= 0.6 is 0 Å². The average Bonchev–Trinajstić information content (AvgIpc) is 2.59. The smallest absolute Gasteiger partial charge is 0.223 e. The number of carbonyl (C=O) groups is 1. The van der Waals surface area contributed by atoms with Crippen LogP contribution in [0.4, 0.5) is 0 Å². The molecule has 1 amide bonds. The van der Waals surface area contributed by atoms with E-state index in [1.807, 2.05) is 0 Å². The normalized spacial score (nSPS) is 25.0. The molecule has 0 saturated heterocycles. The Bertz CT molecular complexity index is 213. The lowest BCUT2D eigenvalue weighted by atomic mass is 9.88. The summed E-state index contributed by atoms with van der Waals surface area (Å²) in [5, 5.41) is 3.29. The third kappa shape index (κ3) is 3.50. The monoisotopic (exact) mass is 223 g/mol. The first-order valence-electron chi connectivity index (χ1n) is 7.16. The zero-order chi connectivity index (χ0) is 11.2. The molecular formula is C14H25NO. The van der Waals surface area contributed by atoms with Crippen molar-refractivity contribution < 1.29 is 4.79 Å². The van der Waals surface area contributed by atoms with Crippen molar-refractivity contribution in [2.24, 2.45) is 5.92 Å². The molecule has 2 aliphatic carbocycles. The molecular weight excluding hydrogens is 198 g/mol. The molecule has 2 nitrogen and oxygen atoms in total. The molecule has 2 saturated carbocycles. The van der Waals surface area contributed by atoms with E-state index in [4.69, 9.17) is 0 Å². The van der Waals surface area contributed by atoms with Crippen molar-refractivity contribution in [2.45, 2.75) is 76.7 Å². The van der Waals surface area contributed by atoms with Gasteiger partial charge in [0, 0.05) is 12.0 Å². The van der Waals surface area contributed by atoms with E-state index in [1.54, 1.807) is 0 Å². The van der Waals surface area contributed by atoms with Crippen molar-refractivity contribution in [1.29, 1.82) is 0 Å². The molecule has 0 aliphatic heterocycles.